The third-order valence-corrected chi connectivity index (χ3v) is 4.00. The smallest absolute Gasteiger partial charge is 0.101 e. The second-order valence-electron chi connectivity index (χ2n) is 4.29. The first-order chi connectivity index (χ1) is 7.29. The minimum absolute atomic E-state index is 0.352. The molecule has 1 aliphatic carbocycles. The molecule has 1 aromatic heterocycles. The van der Waals surface area contributed by atoms with E-state index in [2.05, 4.69) is 23.8 Å². The summed E-state index contributed by atoms with van der Waals surface area (Å²) in [7, 11) is 0. The summed E-state index contributed by atoms with van der Waals surface area (Å²) in [6.07, 6.45) is 7.90. The standard InChI is InChI=1S/C13H18OS/c1-10-8-15-9-12(10)13(14)11-6-4-2-3-5-7-11/h6,8-9,13-14H,2-5,7H2,1H3. The van der Waals surface area contributed by atoms with Gasteiger partial charge in [0.15, 0.2) is 0 Å². The van der Waals surface area contributed by atoms with E-state index < -0.39 is 0 Å². The van der Waals surface area contributed by atoms with Gasteiger partial charge in [0.1, 0.15) is 6.10 Å². The molecule has 0 saturated carbocycles. The lowest BCUT2D eigenvalue weighted by atomic mass is 9.98. The van der Waals surface area contributed by atoms with Crippen LogP contribution in [0.5, 0.6) is 0 Å². The maximum atomic E-state index is 10.3. The molecular formula is C13H18OS. The lowest BCUT2D eigenvalue weighted by Crippen LogP contribution is -2.01. The molecule has 0 amide bonds. The Morgan fingerprint density at radius 2 is 2.13 bits per heavy atom. The Bertz CT molecular complexity index is 351. The summed E-state index contributed by atoms with van der Waals surface area (Å²) < 4.78 is 0. The van der Waals surface area contributed by atoms with Crippen molar-refractivity contribution >= 4 is 11.3 Å². The van der Waals surface area contributed by atoms with Crippen molar-refractivity contribution in [1.82, 2.24) is 0 Å². The van der Waals surface area contributed by atoms with Gasteiger partial charge in [0.25, 0.3) is 0 Å². The maximum absolute atomic E-state index is 10.3. The summed E-state index contributed by atoms with van der Waals surface area (Å²) in [6.45, 7) is 2.08. The molecule has 2 heteroatoms. The highest BCUT2D eigenvalue weighted by atomic mass is 32.1. The minimum atomic E-state index is -0.352. The predicted octanol–water partition coefficient (Wildman–Crippen LogP) is 3.98. The summed E-state index contributed by atoms with van der Waals surface area (Å²) in [6, 6.07) is 0. The quantitative estimate of drug-likeness (QED) is 0.750. The molecule has 1 unspecified atom stereocenters. The van der Waals surface area contributed by atoms with Crippen LogP contribution < -0.4 is 0 Å². The minimum Gasteiger partial charge on any atom is -0.384 e. The molecule has 1 aromatic rings. The van der Waals surface area contributed by atoms with Crippen molar-refractivity contribution in [3.63, 3.8) is 0 Å². The molecule has 15 heavy (non-hydrogen) atoms. The van der Waals surface area contributed by atoms with Crippen LogP contribution in [0.4, 0.5) is 0 Å². The van der Waals surface area contributed by atoms with Gasteiger partial charge in [-0.2, -0.15) is 11.3 Å². The number of allylic oxidation sites excluding steroid dienone is 1. The molecule has 82 valence electrons. The van der Waals surface area contributed by atoms with Crippen LogP contribution in [0.25, 0.3) is 0 Å². The molecule has 0 fully saturated rings. The number of rotatable bonds is 2. The highest BCUT2D eigenvalue weighted by molar-refractivity contribution is 7.08. The molecule has 1 heterocycles. The summed E-state index contributed by atoms with van der Waals surface area (Å²) in [5, 5.41) is 14.5. The van der Waals surface area contributed by atoms with Gasteiger partial charge in [-0.15, -0.1) is 0 Å². The monoisotopic (exact) mass is 222 g/mol. The Morgan fingerprint density at radius 3 is 2.87 bits per heavy atom. The number of aliphatic hydroxyl groups excluding tert-OH is 1. The van der Waals surface area contributed by atoms with Crippen LogP contribution >= 0.6 is 11.3 Å². The van der Waals surface area contributed by atoms with Crippen LogP contribution in [0, 0.1) is 6.92 Å². The van der Waals surface area contributed by atoms with Crippen molar-refractivity contribution in [2.75, 3.05) is 0 Å². The maximum Gasteiger partial charge on any atom is 0.101 e. The zero-order chi connectivity index (χ0) is 10.7. The Morgan fingerprint density at radius 1 is 1.27 bits per heavy atom. The van der Waals surface area contributed by atoms with Gasteiger partial charge in [0.2, 0.25) is 0 Å². The van der Waals surface area contributed by atoms with Crippen molar-refractivity contribution in [2.24, 2.45) is 0 Å². The lowest BCUT2D eigenvalue weighted by molar-refractivity contribution is 0.210. The zero-order valence-electron chi connectivity index (χ0n) is 9.20. The average Bonchev–Trinajstić information content (AvgIpc) is 2.53. The fraction of sp³-hybridized carbons (Fsp3) is 0.538. The van der Waals surface area contributed by atoms with Crippen LogP contribution in [0.2, 0.25) is 0 Å². The van der Waals surface area contributed by atoms with Gasteiger partial charge >= 0.3 is 0 Å². The Labute approximate surface area is 95.5 Å². The van der Waals surface area contributed by atoms with Crippen LogP contribution in [-0.2, 0) is 0 Å². The first kappa shape index (κ1) is 10.9. The van der Waals surface area contributed by atoms with Crippen molar-refractivity contribution < 1.29 is 5.11 Å². The molecule has 1 atom stereocenters. The second-order valence-corrected chi connectivity index (χ2v) is 5.03. The third-order valence-electron chi connectivity index (χ3n) is 3.12. The highest BCUT2D eigenvalue weighted by Crippen LogP contribution is 2.32. The summed E-state index contributed by atoms with van der Waals surface area (Å²) >= 11 is 1.68. The van der Waals surface area contributed by atoms with Gasteiger partial charge in [-0.25, -0.2) is 0 Å². The normalized spacial score (nSPS) is 19.5. The average molecular weight is 222 g/mol. The fourth-order valence-electron chi connectivity index (χ4n) is 2.14. The largest absolute Gasteiger partial charge is 0.384 e. The van der Waals surface area contributed by atoms with E-state index in [-0.39, 0.29) is 6.10 Å². The molecule has 2 rings (SSSR count). The van der Waals surface area contributed by atoms with Crippen molar-refractivity contribution in [3.8, 4) is 0 Å². The van der Waals surface area contributed by atoms with Crippen LogP contribution in [0.3, 0.4) is 0 Å². The van der Waals surface area contributed by atoms with Crippen molar-refractivity contribution in [2.45, 2.75) is 45.1 Å². The van der Waals surface area contributed by atoms with Crippen LogP contribution in [0.1, 0.15) is 49.3 Å². The second kappa shape index (κ2) is 4.95. The number of hydrogen-bond acceptors (Lipinski definition) is 2. The van der Waals surface area contributed by atoms with Gasteiger partial charge in [0.05, 0.1) is 0 Å². The van der Waals surface area contributed by atoms with Crippen LogP contribution in [-0.4, -0.2) is 5.11 Å². The molecule has 0 spiro atoms. The summed E-state index contributed by atoms with van der Waals surface area (Å²) in [4.78, 5) is 0. The Balaban J connectivity index is 2.16. The lowest BCUT2D eigenvalue weighted by Gasteiger charge is -2.14. The molecule has 1 N–H and O–H groups in total. The third kappa shape index (κ3) is 2.50. The van der Waals surface area contributed by atoms with Gasteiger partial charge in [-0.1, -0.05) is 12.5 Å². The van der Waals surface area contributed by atoms with E-state index in [0.29, 0.717) is 0 Å². The SMILES string of the molecule is Cc1cscc1C(O)C1=CCCCCC1. The first-order valence-electron chi connectivity index (χ1n) is 5.68. The number of aryl methyl sites for hydroxylation is 1. The molecular weight excluding hydrogens is 204 g/mol. The van der Waals surface area contributed by atoms with E-state index in [4.69, 9.17) is 0 Å². The predicted molar refractivity (Wildman–Crippen MR) is 65.2 cm³/mol. The number of hydrogen-bond donors (Lipinski definition) is 1. The first-order valence-corrected chi connectivity index (χ1v) is 6.63. The molecule has 0 bridgehead atoms. The Kier molecular flexibility index (Phi) is 3.60. The summed E-state index contributed by atoms with van der Waals surface area (Å²) in [5.74, 6) is 0. The van der Waals surface area contributed by atoms with Crippen molar-refractivity contribution in [1.29, 1.82) is 0 Å². The summed E-state index contributed by atoms with van der Waals surface area (Å²) in [5.41, 5.74) is 3.56. The fourth-order valence-corrected chi connectivity index (χ4v) is 3.01. The molecule has 0 aliphatic heterocycles. The van der Waals surface area contributed by atoms with E-state index in [0.717, 1.165) is 18.4 Å². The number of aliphatic hydroxyl groups is 1. The van der Waals surface area contributed by atoms with E-state index in [9.17, 15) is 5.11 Å². The van der Waals surface area contributed by atoms with E-state index in [1.54, 1.807) is 11.3 Å². The van der Waals surface area contributed by atoms with Gasteiger partial charge in [-0.3, -0.25) is 0 Å². The van der Waals surface area contributed by atoms with Gasteiger partial charge < -0.3 is 5.11 Å². The zero-order valence-corrected chi connectivity index (χ0v) is 10.0. The Hall–Kier alpha value is -0.600. The van der Waals surface area contributed by atoms with Gasteiger partial charge in [-0.05, 0) is 60.1 Å². The topological polar surface area (TPSA) is 20.2 Å². The highest BCUT2D eigenvalue weighted by Gasteiger charge is 2.16. The van der Waals surface area contributed by atoms with Gasteiger partial charge in [0, 0.05) is 0 Å². The molecule has 0 aromatic carbocycles. The van der Waals surface area contributed by atoms with E-state index in [1.807, 2.05) is 0 Å². The molecule has 1 aliphatic rings. The van der Waals surface area contributed by atoms with Crippen molar-refractivity contribution in [3.05, 3.63) is 33.5 Å². The van der Waals surface area contributed by atoms with E-state index in [1.165, 1.54) is 30.4 Å². The molecule has 1 nitrogen and oxygen atoms in total. The van der Waals surface area contributed by atoms with Crippen LogP contribution in [0.15, 0.2) is 22.4 Å². The molecule has 0 radical (unpaired) electrons. The number of thiophene rings is 1. The molecule has 0 saturated heterocycles. The van der Waals surface area contributed by atoms with E-state index >= 15 is 0 Å².